The molecule has 1 aromatic rings. The summed E-state index contributed by atoms with van der Waals surface area (Å²) in [6.45, 7) is 0.904. The van der Waals surface area contributed by atoms with E-state index >= 15 is 0 Å². The summed E-state index contributed by atoms with van der Waals surface area (Å²) >= 11 is 0. The summed E-state index contributed by atoms with van der Waals surface area (Å²) in [6, 6.07) is 7.59. The molecular weight excluding hydrogens is 246 g/mol. The van der Waals surface area contributed by atoms with Gasteiger partial charge in [0.05, 0.1) is 26.9 Å². The normalized spacial score (nSPS) is 16.6. The Morgan fingerprint density at radius 3 is 2.79 bits per heavy atom. The van der Waals surface area contributed by atoms with Gasteiger partial charge >= 0.3 is 0 Å². The molecule has 0 spiro atoms. The van der Waals surface area contributed by atoms with E-state index in [2.05, 4.69) is 0 Å². The van der Waals surface area contributed by atoms with Crippen molar-refractivity contribution in [1.29, 1.82) is 0 Å². The highest BCUT2D eigenvalue weighted by Crippen LogP contribution is 2.29. The van der Waals surface area contributed by atoms with Gasteiger partial charge in [0.2, 0.25) is 5.91 Å². The van der Waals surface area contributed by atoms with Gasteiger partial charge in [0, 0.05) is 13.6 Å². The molecule has 2 rings (SSSR count). The Morgan fingerprint density at radius 2 is 2.26 bits per heavy atom. The predicted octanol–water partition coefficient (Wildman–Crippen LogP) is 0.662. The van der Waals surface area contributed by atoms with Crippen LogP contribution in [0.4, 0.5) is 0 Å². The molecule has 0 aliphatic carbocycles. The molecule has 1 aliphatic rings. The summed E-state index contributed by atoms with van der Waals surface area (Å²) in [5.74, 6) is 0.686. The van der Waals surface area contributed by atoms with Crippen molar-refractivity contribution in [3.05, 3.63) is 29.8 Å². The fourth-order valence-corrected chi connectivity index (χ4v) is 2.15. The molecule has 19 heavy (non-hydrogen) atoms. The molecule has 1 fully saturated rings. The van der Waals surface area contributed by atoms with Crippen molar-refractivity contribution in [3.8, 4) is 5.75 Å². The maximum absolute atomic E-state index is 12.3. The number of rotatable bonds is 5. The van der Waals surface area contributed by atoms with Gasteiger partial charge in [-0.1, -0.05) is 12.1 Å². The lowest BCUT2D eigenvalue weighted by Gasteiger charge is -2.40. The molecule has 0 atom stereocenters. The summed E-state index contributed by atoms with van der Waals surface area (Å²) < 4.78 is 10.2. The molecule has 1 N–H and O–H groups in total. The van der Waals surface area contributed by atoms with Crippen molar-refractivity contribution in [2.75, 3.05) is 34.0 Å². The number of aliphatic hydroxyl groups is 1. The van der Waals surface area contributed by atoms with Gasteiger partial charge in [0.25, 0.3) is 0 Å². The van der Waals surface area contributed by atoms with Crippen LogP contribution in [0.25, 0.3) is 0 Å². The number of aliphatic hydroxyl groups excluding tert-OH is 1. The van der Waals surface area contributed by atoms with Gasteiger partial charge in [-0.3, -0.25) is 4.79 Å². The Balaban J connectivity index is 2.03. The summed E-state index contributed by atoms with van der Waals surface area (Å²) in [5.41, 5.74) is 0.247. The zero-order chi connectivity index (χ0) is 13.9. The first-order valence-electron chi connectivity index (χ1n) is 6.18. The Bertz CT molecular complexity index is 451. The average Bonchev–Trinajstić information content (AvgIpc) is 2.38. The first-order valence-corrected chi connectivity index (χ1v) is 6.18. The third-order valence-corrected chi connectivity index (χ3v) is 3.41. The molecule has 104 valence electrons. The quantitative estimate of drug-likeness (QED) is 0.850. The van der Waals surface area contributed by atoms with Crippen LogP contribution in [-0.4, -0.2) is 49.9 Å². The maximum atomic E-state index is 12.3. The summed E-state index contributed by atoms with van der Waals surface area (Å²) in [6.07, 6.45) is 0. The zero-order valence-electron chi connectivity index (χ0n) is 11.3. The first kappa shape index (κ1) is 13.8. The lowest BCUT2D eigenvalue weighted by molar-refractivity contribution is -0.179. The second kappa shape index (κ2) is 5.59. The van der Waals surface area contributed by atoms with Crippen LogP contribution < -0.4 is 4.74 Å². The van der Waals surface area contributed by atoms with Crippen LogP contribution in [0, 0.1) is 5.41 Å². The second-order valence-electron chi connectivity index (χ2n) is 4.94. The molecule has 0 unspecified atom stereocenters. The predicted molar refractivity (Wildman–Crippen MR) is 69.8 cm³/mol. The molecule has 5 heteroatoms. The number of hydrogen-bond acceptors (Lipinski definition) is 4. The Hall–Kier alpha value is -1.59. The van der Waals surface area contributed by atoms with Crippen molar-refractivity contribution < 1.29 is 19.4 Å². The molecule has 0 radical (unpaired) electrons. The lowest BCUT2D eigenvalue weighted by Crippen LogP contribution is -2.56. The zero-order valence-corrected chi connectivity index (χ0v) is 11.3. The minimum Gasteiger partial charge on any atom is -0.497 e. The first-order chi connectivity index (χ1) is 9.11. The number of carbonyl (C=O) groups excluding carboxylic acids is 1. The van der Waals surface area contributed by atoms with Crippen molar-refractivity contribution in [3.63, 3.8) is 0 Å². The maximum Gasteiger partial charge on any atom is 0.235 e. The van der Waals surface area contributed by atoms with Crippen LogP contribution in [0.1, 0.15) is 5.56 Å². The van der Waals surface area contributed by atoms with Gasteiger partial charge in [0.1, 0.15) is 11.2 Å². The number of hydrogen-bond donors (Lipinski definition) is 1. The van der Waals surface area contributed by atoms with Crippen LogP contribution in [0.3, 0.4) is 0 Å². The molecule has 0 aromatic heterocycles. The lowest BCUT2D eigenvalue weighted by atomic mass is 9.85. The van der Waals surface area contributed by atoms with Gasteiger partial charge in [-0.05, 0) is 17.7 Å². The van der Waals surface area contributed by atoms with Gasteiger partial charge in [-0.2, -0.15) is 0 Å². The number of nitrogens with zero attached hydrogens (tertiary/aromatic N) is 1. The van der Waals surface area contributed by atoms with Crippen LogP contribution in [0.2, 0.25) is 0 Å². The summed E-state index contributed by atoms with van der Waals surface area (Å²) in [4.78, 5) is 13.9. The molecule has 0 bridgehead atoms. The number of carbonyl (C=O) groups is 1. The van der Waals surface area contributed by atoms with E-state index in [4.69, 9.17) is 9.47 Å². The number of benzene rings is 1. The van der Waals surface area contributed by atoms with Gasteiger partial charge in [-0.25, -0.2) is 0 Å². The van der Waals surface area contributed by atoms with E-state index in [1.807, 2.05) is 24.3 Å². The topological polar surface area (TPSA) is 59.0 Å². The monoisotopic (exact) mass is 265 g/mol. The molecule has 1 amide bonds. The van der Waals surface area contributed by atoms with Crippen LogP contribution >= 0.6 is 0 Å². The number of methoxy groups -OCH3 is 1. The third-order valence-electron chi connectivity index (χ3n) is 3.41. The SMILES string of the molecule is COc1cccc(CN(C)C(=O)C2(CO)COC2)c1. The second-order valence-corrected chi connectivity index (χ2v) is 4.94. The molecule has 0 saturated carbocycles. The van der Waals surface area contributed by atoms with E-state index in [1.54, 1.807) is 19.1 Å². The largest absolute Gasteiger partial charge is 0.497 e. The molecule has 5 nitrogen and oxygen atoms in total. The Kier molecular flexibility index (Phi) is 4.07. The highest BCUT2D eigenvalue weighted by Gasteiger charge is 2.46. The third kappa shape index (κ3) is 2.72. The highest BCUT2D eigenvalue weighted by atomic mass is 16.5. The van der Waals surface area contributed by atoms with E-state index in [0.717, 1.165) is 11.3 Å². The van der Waals surface area contributed by atoms with Crippen molar-refractivity contribution in [2.24, 2.45) is 5.41 Å². The molecule has 1 heterocycles. The number of amides is 1. The molecule has 1 aromatic carbocycles. The van der Waals surface area contributed by atoms with Gasteiger partial charge < -0.3 is 19.5 Å². The summed E-state index contributed by atoms with van der Waals surface area (Å²) in [5, 5.41) is 9.36. The standard InChI is InChI=1S/C14H19NO4/c1-15(13(17)14(8-16)9-19-10-14)7-11-4-3-5-12(6-11)18-2/h3-6,16H,7-10H2,1-2H3. The van der Waals surface area contributed by atoms with Crippen molar-refractivity contribution >= 4 is 5.91 Å². The minimum atomic E-state index is -0.742. The average molecular weight is 265 g/mol. The fourth-order valence-electron chi connectivity index (χ4n) is 2.15. The van der Waals surface area contributed by atoms with E-state index in [9.17, 15) is 9.90 Å². The Morgan fingerprint density at radius 1 is 1.53 bits per heavy atom. The van der Waals surface area contributed by atoms with Crippen molar-refractivity contribution in [2.45, 2.75) is 6.54 Å². The van der Waals surface area contributed by atoms with Gasteiger partial charge in [-0.15, -0.1) is 0 Å². The van der Waals surface area contributed by atoms with E-state index in [0.29, 0.717) is 19.8 Å². The molecule has 1 aliphatic heterocycles. The minimum absolute atomic E-state index is 0.0796. The smallest absolute Gasteiger partial charge is 0.235 e. The van der Waals surface area contributed by atoms with E-state index < -0.39 is 5.41 Å². The number of ether oxygens (including phenoxy) is 2. The summed E-state index contributed by atoms with van der Waals surface area (Å²) in [7, 11) is 3.35. The van der Waals surface area contributed by atoms with Gasteiger partial charge in [0.15, 0.2) is 0 Å². The molecule has 1 saturated heterocycles. The highest BCUT2D eigenvalue weighted by molar-refractivity contribution is 5.83. The molecular formula is C14H19NO4. The van der Waals surface area contributed by atoms with E-state index in [1.165, 1.54) is 0 Å². The van der Waals surface area contributed by atoms with Crippen LogP contribution in [0.5, 0.6) is 5.75 Å². The fraction of sp³-hybridized carbons (Fsp3) is 0.500. The van der Waals surface area contributed by atoms with Crippen molar-refractivity contribution in [1.82, 2.24) is 4.90 Å². The van der Waals surface area contributed by atoms with Crippen LogP contribution in [-0.2, 0) is 16.1 Å². The Labute approximate surface area is 112 Å². The van der Waals surface area contributed by atoms with E-state index in [-0.39, 0.29) is 12.5 Å². The van der Waals surface area contributed by atoms with Crippen LogP contribution in [0.15, 0.2) is 24.3 Å².